The van der Waals surface area contributed by atoms with Crippen molar-refractivity contribution in [1.29, 1.82) is 0 Å². The highest BCUT2D eigenvalue weighted by Gasteiger charge is 2.27. The molecule has 170 valence electrons. The number of hydrogen-bond donors (Lipinski definition) is 2. The van der Waals surface area contributed by atoms with Gasteiger partial charge in [0.2, 0.25) is 5.65 Å². The highest BCUT2D eigenvalue weighted by Crippen LogP contribution is 2.33. The summed E-state index contributed by atoms with van der Waals surface area (Å²) in [6.45, 7) is -0.0166. The number of pyridine rings is 1. The molecule has 1 aromatic carbocycles. The normalized spacial score (nSPS) is 11.4. The quantitative estimate of drug-likeness (QED) is 0.385. The number of nitrogen functional groups attached to an aromatic ring is 1. The van der Waals surface area contributed by atoms with E-state index in [2.05, 4.69) is 25.3 Å². The minimum atomic E-state index is -2.84. The molecule has 3 N–H and O–H groups in total. The molecule has 9 nitrogen and oxygen atoms in total. The van der Waals surface area contributed by atoms with Gasteiger partial charge in [0, 0.05) is 11.1 Å². The average molecular weight is 465 g/mol. The Kier molecular flexibility index (Phi) is 5.24. The Morgan fingerprint density at radius 2 is 1.88 bits per heavy atom. The maximum Gasteiger partial charge on any atom is 0.428 e. The molecule has 12 heteroatoms. The number of nitrogens with one attached hydrogen (secondary N) is 1. The molecule has 0 fully saturated rings. The number of hydrogen-bond acceptors (Lipinski definition) is 6. The minimum absolute atomic E-state index is 0.0166. The first-order chi connectivity index (χ1) is 16.4. The summed E-state index contributed by atoms with van der Waals surface area (Å²) in [5.74, 6) is -0.619. The molecule has 0 saturated carbocycles. The molecule has 0 saturated heterocycles. The van der Waals surface area contributed by atoms with Gasteiger partial charge in [-0.1, -0.05) is 30.3 Å². The zero-order valence-corrected chi connectivity index (χ0v) is 17.4. The number of alkyl halides is 2. The molecule has 5 rings (SSSR count). The monoisotopic (exact) mass is 465 g/mol. The third-order valence-corrected chi connectivity index (χ3v) is 5.16. The Morgan fingerprint density at radius 3 is 2.59 bits per heavy atom. The summed E-state index contributed by atoms with van der Waals surface area (Å²) in [4.78, 5) is 21.5. The summed E-state index contributed by atoms with van der Waals surface area (Å²) >= 11 is 0. The molecule has 34 heavy (non-hydrogen) atoms. The lowest BCUT2D eigenvalue weighted by atomic mass is 10.0. The van der Waals surface area contributed by atoms with Gasteiger partial charge in [0.05, 0.1) is 23.7 Å². The molecule has 5 aromatic rings. The van der Waals surface area contributed by atoms with Crippen LogP contribution >= 0.6 is 0 Å². The van der Waals surface area contributed by atoms with E-state index in [0.717, 1.165) is 10.6 Å². The second-order valence-electron chi connectivity index (χ2n) is 7.36. The Labute approximate surface area is 189 Å². The number of H-pyrrole nitrogens is 1. The molecule has 4 aromatic heterocycles. The predicted octanol–water partition coefficient (Wildman–Crippen LogP) is 2.54. The molecule has 0 radical (unpaired) electrons. The summed E-state index contributed by atoms with van der Waals surface area (Å²) < 4.78 is 42.3. The van der Waals surface area contributed by atoms with Crippen LogP contribution in [0.2, 0.25) is 0 Å². The van der Waals surface area contributed by atoms with E-state index in [0.29, 0.717) is 22.5 Å². The summed E-state index contributed by atoms with van der Waals surface area (Å²) in [6.07, 6.45) is -0.492. The maximum absolute atomic E-state index is 13.4. The molecule has 0 amide bonds. The van der Waals surface area contributed by atoms with Gasteiger partial charge in [-0.25, -0.2) is 23.1 Å². The van der Waals surface area contributed by atoms with Crippen LogP contribution in [0.4, 0.5) is 19.1 Å². The Morgan fingerprint density at radius 1 is 1.09 bits per heavy atom. The van der Waals surface area contributed by atoms with Crippen LogP contribution in [0.15, 0.2) is 65.7 Å². The number of aromatic amines is 1. The van der Waals surface area contributed by atoms with Crippen LogP contribution in [0.1, 0.15) is 17.8 Å². The number of fused-ring (bicyclic) bond motifs is 1. The molecule has 0 aliphatic carbocycles. The first-order valence-corrected chi connectivity index (χ1v) is 10.0. The number of aromatic nitrogens is 7. The van der Waals surface area contributed by atoms with Gasteiger partial charge in [0.25, 0.3) is 6.43 Å². The van der Waals surface area contributed by atoms with Crippen LogP contribution in [0.3, 0.4) is 0 Å². The summed E-state index contributed by atoms with van der Waals surface area (Å²) in [5.41, 5.74) is 7.30. The van der Waals surface area contributed by atoms with Gasteiger partial charge in [-0.15, -0.1) is 14.5 Å². The lowest BCUT2D eigenvalue weighted by Gasteiger charge is -2.09. The minimum Gasteiger partial charge on any atom is -0.319 e. The first kappa shape index (κ1) is 21.2. The lowest BCUT2D eigenvalue weighted by Crippen LogP contribution is -2.44. The maximum atomic E-state index is 13.4. The number of anilines is 1. The second-order valence-corrected chi connectivity index (χ2v) is 7.36. The molecule has 0 aliphatic heterocycles. The molecule has 0 atom stereocenters. The highest BCUT2D eigenvalue weighted by molar-refractivity contribution is 5.88. The van der Waals surface area contributed by atoms with Crippen LogP contribution in [-0.4, -0.2) is 29.9 Å². The van der Waals surface area contributed by atoms with Gasteiger partial charge in [0.15, 0.2) is 0 Å². The molecular formula is C22H16F3N8O+. The molecule has 0 aliphatic rings. The molecule has 0 bridgehead atoms. The predicted molar refractivity (Wildman–Crippen MR) is 115 cm³/mol. The molecule has 0 spiro atoms. The Balaban J connectivity index is 1.79. The van der Waals surface area contributed by atoms with Crippen LogP contribution in [0, 0.1) is 5.82 Å². The van der Waals surface area contributed by atoms with Crippen LogP contribution in [0.25, 0.3) is 28.0 Å². The molecule has 4 heterocycles. The van der Waals surface area contributed by atoms with Crippen molar-refractivity contribution in [3.8, 4) is 22.4 Å². The van der Waals surface area contributed by atoms with Gasteiger partial charge >= 0.3 is 11.6 Å². The third-order valence-electron chi connectivity index (χ3n) is 5.16. The van der Waals surface area contributed by atoms with E-state index in [4.69, 9.17) is 5.73 Å². The molecule has 0 unspecified atom stereocenters. The van der Waals surface area contributed by atoms with E-state index in [1.165, 1.54) is 29.1 Å². The van der Waals surface area contributed by atoms with E-state index in [1.807, 2.05) is 6.07 Å². The molecular weight excluding hydrogens is 449 g/mol. The first-order valence-electron chi connectivity index (χ1n) is 10.0. The van der Waals surface area contributed by atoms with Gasteiger partial charge in [-0.2, -0.15) is 9.78 Å². The zero-order valence-electron chi connectivity index (χ0n) is 17.4. The average Bonchev–Trinajstić information content (AvgIpc) is 3.17. The fourth-order valence-corrected chi connectivity index (χ4v) is 3.63. The number of benzene rings is 1. The standard InChI is InChI=1S/C22H15F3N8O/c23-14-6-7-15(27-10-14)11-32-22(34)33-20(31-32)17(13-8-16(19(24)25)30-28-9-13)18(29-21(33)26)12-4-2-1-3-5-12/h1-10,19H,11H2,(H2,26,29,30,31)/p+1. The fourth-order valence-electron chi connectivity index (χ4n) is 3.63. The van der Waals surface area contributed by atoms with Crippen molar-refractivity contribution in [2.75, 3.05) is 5.73 Å². The van der Waals surface area contributed by atoms with E-state index < -0.39 is 23.6 Å². The Hall–Kier alpha value is -4.61. The smallest absolute Gasteiger partial charge is 0.319 e. The van der Waals surface area contributed by atoms with Crippen molar-refractivity contribution >= 4 is 11.6 Å². The summed E-state index contributed by atoms with van der Waals surface area (Å²) in [7, 11) is 0. The van der Waals surface area contributed by atoms with E-state index in [9.17, 15) is 18.0 Å². The summed E-state index contributed by atoms with van der Waals surface area (Å²) in [6, 6.07) is 12.8. The van der Waals surface area contributed by atoms with Gasteiger partial charge < -0.3 is 5.73 Å². The van der Waals surface area contributed by atoms with Crippen LogP contribution in [0.5, 0.6) is 0 Å². The van der Waals surface area contributed by atoms with E-state index in [-0.39, 0.29) is 23.7 Å². The van der Waals surface area contributed by atoms with Gasteiger partial charge in [-0.3, -0.25) is 4.98 Å². The fraction of sp³-hybridized carbons (Fsp3) is 0.0909. The van der Waals surface area contributed by atoms with Gasteiger partial charge in [-0.05, 0) is 18.2 Å². The largest absolute Gasteiger partial charge is 0.428 e. The van der Waals surface area contributed by atoms with Crippen molar-refractivity contribution in [3.63, 3.8) is 0 Å². The number of nitrogens with zero attached hydrogens (tertiary/aromatic N) is 6. The van der Waals surface area contributed by atoms with Crippen molar-refractivity contribution in [1.82, 2.24) is 29.9 Å². The summed E-state index contributed by atoms with van der Waals surface area (Å²) in [5, 5.41) is 10.2. The van der Waals surface area contributed by atoms with Crippen LogP contribution in [-0.2, 0) is 6.54 Å². The van der Waals surface area contributed by atoms with E-state index >= 15 is 0 Å². The zero-order chi connectivity index (χ0) is 23.8. The second kappa shape index (κ2) is 8.39. The van der Waals surface area contributed by atoms with Crippen molar-refractivity contribution in [3.05, 3.63) is 88.6 Å². The van der Waals surface area contributed by atoms with Crippen LogP contribution < -0.4 is 15.8 Å². The lowest BCUT2D eigenvalue weighted by molar-refractivity contribution is -0.516. The van der Waals surface area contributed by atoms with Crippen molar-refractivity contribution in [2.45, 2.75) is 13.0 Å². The van der Waals surface area contributed by atoms with Crippen molar-refractivity contribution < 1.29 is 17.6 Å². The number of nitrogens with two attached hydrogens (primary N) is 1. The SMILES string of the molecule is Nc1nc(-c2ccccc2)c(-c2cnnc(C(F)F)c2)c2[nH]n(Cc3ccc(F)cn3)c(=O)[n+]12. The van der Waals surface area contributed by atoms with Crippen molar-refractivity contribution in [2.24, 2.45) is 0 Å². The highest BCUT2D eigenvalue weighted by atomic mass is 19.3. The van der Waals surface area contributed by atoms with E-state index in [1.54, 1.807) is 24.3 Å². The third kappa shape index (κ3) is 3.74. The number of halogens is 3. The topological polar surface area (TPSA) is 119 Å². The number of rotatable bonds is 5. The van der Waals surface area contributed by atoms with Gasteiger partial charge in [0.1, 0.15) is 23.7 Å². The Bertz CT molecular complexity index is 1550.